The van der Waals surface area contributed by atoms with E-state index < -0.39 is 17.5 Å². The van der Waals surface area contributed by atoms with Gasteiger partial charge in [-0.2, -0.15) is 13.2 Å². The molecule has 2 heterocycles. The first-order chi connectivity index (χ1) is 7.47. The summed E-state index contributed by atoms with van der Waals surface area (Å²) >= 11 is 1.25. The molecule has 0 aliphatic carbocycles. The quantitative estimate of drug-likeness (QED) is 0.774. The van der Waals surface area contributed by atoms with Crippen molar-refractivity contribution in [3.63, 3.8) is 0 Å². The molecule has 0 spiro atoms. The van der Waals surface area contributed by atoms with Crippen molar-refractivity contribution < 1.29 is 18.0 Å². The number of halogens is 3. The van der Waals surface area contributed by atoms with Crippen LogP contribution in [0, 0.1) is 5.92 Å². The first-order valence-corrected chi connectivity index (χ1v) is 5.61. The number of allylic oxidation sites excluding steroid dienone is 1. The molecule has 2 atom stereocenters. The van der Waals surface area contributed by atoms with Gasteiger partial charge in [-0.25, -0.2) is 0 Å². The molecule has 0 aromatic carbocycles. The van der Waals surface area contributed by atoms with Gasteiger partial charge < -0.3 is 5.32 Å². The lowest BCUT2D eigenvalue weighted by Gasteiger charge is -2.12. The normalized spacial score (nSPS) is 28.6. The van der Waals surface area contributed by atoms with E-state index in [9.17, 15) is 18.0 Å². The van der Waals surface area contributed by atoms with Gasteiger partial charge in [0.2, 0.25) is 0 Å². The van der Waals surface area contributed by atoms with E-state index in [2.05, 4.69) is 4.99 Å². The van der Waals surface area contributed by atoms with Gasteiger partial charge >= 0.3 is 12.1 Å². The third-order valence-electron chi connectivity index (χ3n) is 2.43. The first kappa shape index (κ1) is 11.5. The molecular weight excluding hydrogens is 241 g/mol. The molecular formula is C9H9F3N2OS. The highest BCUT2D eigenvalue weighted by Crippen LogP contribution is 2.43. The predicted octanol–water partition coefficient (Wildman–Crippen LogP) is 2.06. The van der Waals surface area contributed by atoms with Crippen molar-refractivity contribution in [1.82, 2.24) is 5.32 Å². The van der Waals surface area contributed by atoms with Crippen LogP contribution in [0.25, 0.3) is 0 Å². The molecule has 2 rings (SSSR count). The van der Waals surface area contributed by atoms with Crippen LogP contribution in [0.5, 0.6) is 0 Å². The summed E-state index contributed by atoms with van der Waals surface area (Å²) in [5.41, 5.74) is 0. The number of nitrogens with one attached hydrogen (secondary N) is 1. The highest BCUT2D eigenvalue weighted by atomic mass is 32.2. The summed E-state index contributed by atoms with van der Waals surface area (Å²) in [5.74, 6) is -1.66. The summed E-state index contributed by atoms with van der Waals surface area (Å²) in [4.78, 5) is 15.6. The molecule has 1 fully saturated rings. The Morgan fingerprint density at radius 3 is 2.94 bits per heavy atom. The van der Waals surface area contributed by atoms with Gasteiger partial charge in [0.25, 0.3) is 0 Å². The Kier molecular flexibility index (Phi) is 2.96. The number of alkyl halides is 3. The van der Waals surface area contributed by atoms with Gasteiger partial charge in [-0.3, -0.25) is 9.79 Å². The lowest BCUT2D eigenvalue weighted by molar-refractivity contribution is -0.173. The van der Waals surface area contributed by atoms with Crippen LogP contribution in [0.15, 0.2) is 16.1 Å². The minimum atomic E-state index is -4.81. The highest BCUT2D eigenvalue weighted by Gasteiger charge is 2.41. The number of carbonyl (C=O) groups excluding carboxylic acids is 1. The molecule has 1 amide bonds. The van der Waals surface area contributed by atoms with E-state index in [0.29, 0.717) is 6.42 Å². The van der Waals surface area contributed by atoms with E-state index >= 15 is 0 Å². The molecule has 2 aliphatic rings. The molecule has 88 valence electrons. The van der Waals surface area contributed by atoms with Gasteiger partial charge in [-0.1, -0.05) is 0 Å². The van der Waals surface area contributed by atoms with Crippen molar-refractivity contribution in [2.45, 2.75) is 24.4 Å². The maximum Gasteiger partial charge on any atom is 0.471 e. The third-order valence-corrected chi connectivity index (χ3v) is 3.73. The average Bonchev–Trinajstić information content (AvgIpc) is 2.58. The second kappa shape index (κ2) is 4.12. The van der Waals surface area contributed by atoms with Gasteiger partial charge in [-0.15, -0.1) is 11.8 Å². The topological polar surface area (TPSA) is 41.5 Å². The molecule has 16 heavy (non-hydrogen) atoms. The minimum Gasteiger partial charge on any atom is -0.336 e. The van der Waals surface area contributed by atoms with Crippen LogP contribution < -0.4 is 5.32 Å². The van der Waals surface area contributed by atoms with Crippen molar-refractivity contribution in [2.75, 3.05) is 0 Å². The average molecular weight is 250 g/mol. The summed E-state index contributed by atoms with van der Waals surface area (Å²) in [6, 6.07) is 0. The summed E-state index contributed by atoms with van der Waals surface area (Å²) in [6.45, 7) is 0. The lowest BCUT2D eigenvalue weighted by atomic mass is 10.0. The number of carbonyl (C=O) groups is 1. The molecule has 3 nitrogen and oxygen atoms in total. The summed E-state index contributed by atoms with van der Waals surface area (Å²) in [6.07, 6.45) is -0.151. The zero-order chi connectivity index (χ0) is 11.8. The van der Waals surface area contributed by atoms with Crippen LogP contribution in [-0.2, 0) is 4.79 Å². The molecule has 0 saturated carbocycles. The van der Waals surface area contributed by atoms with Gasteiger partial charge in [0.15, 0.2) is 0 Å². The van der Waals surface area contributed by atoms with E-state index in [4.69, 9.17) is 0 Å². The Labute approximate surface area is 94.2 Å². The standard InChI is InChI=1S/C9H9F3N2OS/c10-9(11,12)8(15)14-7-3-5-1-2-13-4-6(5)16-7/h2,4-5,7H,1,3H2,(H,14,15). The van der Waals surface area contributed by atoms with Gasteiger partial charge in [0.05, 0.1) is 5.37 Å². The zero-order valence-electron chi connectivity index (χ0n) is 8.12. The van der Waals surface area contributed by atoms with Crippen molar-refractivity contribution in [3.8, 4) is 0 Å². The second-order valence-electron chi connectivity index (χ2n) is 3.61. The Hall–Kier alpha value is -0.980. The Balaban J connectivity index is 1.93. The third kappa shape index (κ3) is 2.40. The maximum absolute atomic E-state index is 12.0. The largest absolute Gasteiger partial charge is 0.471 e. The van der Waals surface area contributed by atoms with Gasteiger partial charge in [0, 0.05) is 17.3 Å². The van der Waals surface area contributed by atoms with Crippen molar-refractivity contribution in [3.05, 3.63) is 11.1 Å². The van der Waals surface area contributed by atoms with Crippen LogP contribution in [0.2, 0.25) is 0 Å². The first-order valence-electron chi connectivity index (χ1n) is 4.73. The molecule has 1 N–H and O–H groups in total. The molecule has 0 bridgehead atoms. The minimum absolute atomic E-state index is 0.209. The molecule has 2 unspecified atom stereocenters. The predicted molar refractivity (Wildman–Crippen MR) is 54.9 cm³/mol. The molecule has 0 aromatic rings. The number of fused-ring (bicyclic) bond motifs is 1. The lowest BCUT2D eigenvalue weighted by Crippen LogP contribution is -2.41. The zero-order valence-corrected chi connectivity index (χ0v) is 8.94. The second-order valence-corrected chi connectivity index (χ2v) is 4.89. The van der Waals surface area contributed by atoms with Crippen LogP contribution in [0.1, 0.15) is 12.8 Å². The fourth-order valence-corrected chi connectivity index (χ4v) is 2.99. The van der Waals surface area contributed by atoms with Crippen LogP contribution in [0.4, 0.5) is 13.2 Å². The molecule has 2 aliphatic heterocycles. The van der Waals surface area contributed by atoms with E-state index in [0.717, 1.165) is 11.3 Å². The number of hydrogen-bond donors (Lipinski definition) is 1. The van der Waals surface area contributed by atoms with E-state index in [1.807, 2.05) is 5.32 Å². The Morgan fingerprint density at radius 2 is 2.31 bits per heavy atom. The van der Waals surface area contributed by atoms with Crippen molar-refractivity contribution in [2.24, 2.45) is 10.9 Å². The van der Waals surface area contributed by atoms with Crippen molar-refractivity contribution >= 4 is 23.9 Å². The molecule has 0 aromatic heterocycles. The fraction of sp³-hybridized carbons (Fsp3) is 0.556. The number of nitrogens with zero attached hydrogens (tertiary/aromatic N) is 1. The number of rotatable bonds is 1. The molecule has 0 radical (unpaired) electrons. The maximum atomic E-state index is 12.0. The van der Waals surface area contributed by atoms with E-state index in [-0.39, 0.29) is 5.92 Å². The van der Waals surface area contributed by atoms with Gasteiger partial charge in [-0.05, 0) is 18.8 Å². The number of thioether (sulfide) groups is 1. The van der Waals surface area contributed by atoms with Crippen molar-refractivity contribution in [1.29, 1.82) is 0 Å². The molecule has 7 heteroatoms. The summed E-state index contributed by atoms with van der Waals surface area (Å²) < 4.78 is 36.0. The fourth-order valence-electron chi connectivity index (χ4n) is 1.66. The number of hydrogen-bond acceptors (Lipinski definition) is 3. The Morgan fingerprint density at radius 1 is 1.56 bits per heavy atom. The van der Waals surface area contributed by atoms with Crippen LogP contribution in [-0.4, -0.2) is 23.7 Å². The highest BCUT2D eigenvalue weighted by molar-refractivity contribution is 8.03. The smallest absolute Gasteiger partial charge is 0.336 e. The summed E-state index contributed by atoms with van der Waals surface area (Å²) in [7, 11) is 0. The van der Waals surface area contributed by atoms with Gasteiger partial charge in [0.1, 0.15) is 0 Å². The Bertz CT molecular complexity index is 364. The molecule has 1 saturated heterocycles. The van der Waals surface area contributed by atoms with Crippen LogP contribution in [0.3, 0.4) is 0 Å². The summed E-state index contributed by atoms with van der Waals surface area (Å²) in [5, 5.41) is 1.48. The monoisotopic (exact) mass is 250 g/mol. The number of amides is 1. The van der Waals surface area contributed by atoms with E-state index in [1.54, 1.807) is 12.4 Å². The SMILES string of the molecule is O=C(NC1CC2CC=NC=C2S1)C(F)(F)F. The van der Waals surface area contributed by atoms with Crippen LogP contribution >= 0.6 is 11.8 Å². The number of aliphatic imine (C=N–C) groups is 1. The van der Waals surface area contributed by atoms with E-state index in [1.165, 1.54) is 11.8 Å².